The monoisotopic (exact) mass is 303 g/mol. The van der Waals surface area contributed by atoms with E-state index in [1.165, 1.54) is 18.2 Å². The summed E-state index contributed by atoms with van der Waals surface area (Å²) in [6.07, 6.45) is 0. The zero-order valence-electron chi connectivity index (χ0n) is 9.59. The molecule has 0 aliphatic carbocycles. The highest BCUT2D eigenvalue weighted by Gasteiger charge is 2.11. The molecule has 0 fully saturated rings. The van der Waals surface area contributed by atoms with Crippen LogP contribution in [0.2, 0.25) is 10.0 Å². The molecular weight excluding hydrogens is 295 g/mol. The van der Waals surface area contributed by atoms with Gasteiger partial charge < -0.3 is 10.5 Å². The first-order valence-corrected chi connectivity index (χ1v) is 6.04. The third kappa shape index (κ3) is 3.28. The summed E-state index contributed by atoms with van der Waals surface area (Å²) in [6, 6.07) is 6.18. The molecule has 0 saturated heterocycles. The van der Waals surface area contributed by atoms with Crippen LogP contribution in [0, 0.1) is 11.6 Å². The van der Waals surface area contributed by atoms with Crippen LogP contribution in [-0.2, 0) is 6.61 Å². The molecule has 0 aliphatic heterocycles. The zero-order valence-corrected chi connectivity index (χ0v) is 11.1. The molecule has 0 spiro atoms. The third-order valence-corrected chi connectivity index (χ3v) is 2.97. The quantitative estimate of drug-likeness (QED) is 0.851. The highest BCUT2D eigenvalue weighted by molar-refractivity contribution is 6.37. The minimum absolute atomic E-state index is 0.116. The summed E-state index contributed by atoms with van der Waals surface area (Å²) in [5.74, 6) is -1.13. The van der Waals surface area contributed by atoms with Gasteiger partial charge in [0.15, 0.2) is 5.75 Å². The molecule has 0 aromatic heterocycles. The van der Waals surface area contributed by atoms with Crippen molar-refractivity contribution in [2.24, 2.45) is 0 Å². The Morgan fingerprint density at radius 3 is 2.26 bits per heavy atom. The van der Waals surface area contributed by atoms with Crippen LogP contribution in [0.25, 0.3) is 0 Å². The van der Waals surface area contributed by atoms with Gasteiger partial charge in [-0.1, -0.05) is 23.2 Å². The predicted octanol–water partition coefficient (Wildman–Crippen LogP) is 4.43. The lowest BCUT2D eigenvalue weighted by molar-refractivity contribution is 0.300. The molecule has 2 nitrogen and oxygen atoms in total. The van der Waals surface area contributed by atoms with Crippen molar-refractivity contribution in [3.8, 4) is 5.75 Å². The van der Waals surface area contributed by atoms with E-state index >= 15 is 0 Å². The van der Waals surface area contributed by atoms with Crippen LogP contribution in [-0.4, -0.2) is 0 Å². The molecule has 2 aromatic carbocycles. The zero-order chi connectivity index (χ0) is 14.0. The number of hydrogen-bond donors (Lipinski definition) is 1. The summed E-state index contributed by atoms with van der Waals surface area (Å²) in [6.45, 7) is -0.116. The molecule has 0 saturated carbocycles. The van der Waals surface area contributed by atoms with Crippen molar-refractivity contribution in [1.29, 1.82) is 0 Å². The van der Waals surface area contributed by atoms with Crippen molar-refractivity contribution in [3.05, 3.63) is 57.6 Å². The Hall–Kier alpha value is -1.52. The summed E-state index contributed by atoms with van der Waals surface area (Å²) < 4.78 is 31.5. The average Bonchev–Trinajstić information content (AvgIpc) is 2.30. The highest BCUT2D eigenvalue weighted by Crippen LogP contribution is 2.35. The number of benzene rings is 2. The number of nitrogens with two attached hydrogens (primary N) is 1. The summed E-state index contributed by atoms with van der Waals surface area (Å²) in [5, 5.41) is 0.458. The molecule has 0 atom stereocenters. The first kappa shape index (κ1) is 13.9. The SMILES string of the molecule is Nc1cc(Cl)c(OCc2ccc(F)cc2F)c(Cl)c1. The van der Waals surface area contributed by atoms with Gasteiger partial charge in [0.25, 0.3) is 0 Å². The Balaban J connectivity index is 2.19. The molecule has 6 heteroatoms. The van der Waals surface area contributed by atoms with Crippen LogP contribution in [0.1, 0.15) is 5.56 Å². The highest BCUT2D eigenvalue weighted by atomic mass is 35.5. The average molecular weight is 304 g/mol. The Kier molecular flexibility index (Phi) is 4.12. The number of halogens is 4. The van der Waals surface area contributed by atoms with Gasteiger partial charge in [0.1, 0.15) is 18.2 Å². The minimum Gasteiger partial charge on any atom is -0.486 e. The van der Waals surface area contributed by atoms with Crippen molar-refractivity contribution in [2.75, 3.05) is 5.73 Å². The van der Waals surface area contributed by atoms with Crippen LogP contribution in [0.3, 0.4) is 0 Å². The Labute approximate surface area is 118 Å². The normalized spacial score (nSPS) is 10.5. The molecule has 0 radical (unpaired) electrons. The van der Waals surface area contributed by atoms with Gasteiger partial charge in [0.2, 0.25) is 0 Å². The summed E-state index contributed by atoms with van der Waals surface area (Å²) in [4.78, 5) is 0. The standard InChI is InChI=1S/C13H9Cl2F2NO/c14-10-4-9(18)5-11(15)13(10)19-6-7-1-2-8(16)3-12(7)17/h1-5H,6,18H2. The van der Waals surface area contributed by atoms with Gasteiger partial charge in [-0.2, -0.15) is 0 Å². The first-order valence-electron chi connectivity index (χ1n) is 5.28. The molecule has 0 heterocycles. The van der Waals surface area contributed by atoms with Gasteiger partial charge in [-0.05, 0) is 24.3 Å². The second-order valence-electron chi connectivity index (χ2n) is 3.84. The molecule has 0 aliphatic rings. The molecule has 19 heavy (non-hydrogen) atoms. The van der Waals surface area contributed by atoms with Gasteiger partial charge >= 0.3 is 0 Å². The summed E-state index contributed by atoms with van der Waals surface area (Å²) in [7, 11) is 0. The van der Waals surface area contributed by atoms with Gasteiger partial charge in [0, 0.05) is 17.3 Å². The maximum Gasteiger partial charge on any atom is 0.157 e. The Morgan fingerprint density at radius 2 is 1.68 bits per heavy atom. The molecule has 2 N–H and O–H groups in total. The number of hydrogen-bond acceptors (Lipinski definition) is 2. The maximum absolute atomic E-state index is 13.4. The van der Waals surface area contributed by atoms with E-state index in [1.54, 1.807) is 0 Å². The van der Waals surface area contributed by atoms with E-state index in [4.69, 9.17) is 33.7 Å². The van der Waals surface area contributed by atoms with Crippen molar-refractivity contribution in [3.63, 3.8) is 0 Å². The second-order valence-corrected chi connectivity index (χ2v) is 4.65. The molecule has 2 rings (SSSR count). The van der Waals surface area contributed by atoms with Gasteiger partial charge in [-0.25, -0.2) is 8.78 Å². The smallest absolute Gasteiger partial charge is 0.157 e. The fourth-order valence-corrected chi connectivity index (χ4v) is 2.12. The number of anilines is 1. The van der Waals surface area contributed by atoms with Crippen molar-refractivity contribution in [2.45, 2.75) is 6.61 Å². The lowest BCUT2D eigenvalue weighted by atomic mass is 10.2. The van der Waals surface area contributed by atoms with Gasteiger partial charge in [-0.3, -0.25) is 0 Å². The van der Waals surface area contributed by atoms with Crippen molar-refractivity contribution < 1.29 is 13.5 Å². The molecular formula is C13H9Cl2F2NO. The summed E-state index contributed by atoms with van der Waals surface area (Å²) >= 11 is 11.8. The summed E-state index contributed by atoms with van der Waals surface area (Å²) in [5.41, 5.74) is 6.15. The third-order valence-electron chi connectivity index (χ3n) is 2.41. The lowest BCUT2D eigenvalue weighted by Crippen LogP contribution is -2.00. The fourth-order valence-electron chi connectivity index (χ4n) is 1.51. The number of rotatable bonds is 3. The molecule has 0 unspecified atom stereocenters. The number of nitrogen functional groups attached to an aromatic ring is 1. The number of ether oxygens (including phenoxy) is 1. The van der Waals surface area contributed by atoms with Crippen LogP contribution in [0.4, 0.5) is 14.5 Å². The van der Waals surface area contributed by atoms with Crippen molar-refractivity contribution in [1.82, 2.24) is 0 Å². The van der Waals surface area contributed by atoms with Gasteiger partial charge in [-0.15, -0.1) is 0 Å². The van der Waals surface area contributed by atoms with Crippen LogP contribution >= 0.6 is 23.2 Å². The fraction of sp³-hybridized carbons (Fsp3) is 0.0769. The van der Waals surface area contributed by atoms with Crippen LogP contribution in [0.5, 0.6) is 5.75 Å². The van der Waals surface area contributed by atoms with E-state index in [2.05, 4.69) is 0 Å². The molecule has 100 valence electrons. The largest absolute Gasteiger partial charge is 0.486 e. The predicted molar refractivity (Wildman–Crippen MR) is 71.6 cm³/mol. The van der Waals surface area contributed by atoms with E-state index in [9.17, 15) is 8.78 Å². The van der Waals surface area contributed by atoms with E-state index in [0.29, 0.717) is 5.69 Å². The lowest BCUT2D eigenvalue weighted by Gasteiger charge is -2.11. The van der Waals surface area contributed by atoms with E-state index in [0.717, 1.165) is 12.1 Å². The second kappa shape index (κ2) is 5.63. The van der Waals surface area contributed by atoms with Crippen molar-refractivity contribution >= 4 is 28.9 Å². The molecule has 2 aromatic rings. The van der Waals surface area contributed by atoms with Gasteiger partial charge in [0.05, 0.1) is 10.0 Å². The molecule has 0 amide bonds. The van der Waals surface area contributed by atoms with E-state index < -0.39 is 11.6 Å². The maximum atomic E-state index is 13.4. The van der Waals surface area contributed by atoms with Crippen LogP contribution in [0.15, 0.2) is 30.3 Å². The topological polar surface area (TPSA) is 35.2 Å². The minimum atomic E-state index is -0.692. The molecule has 0 bridgehead atoms. The first-order chi connectivity index (χ1) is 8.97. The van der Waals surface area contributed by atoms with E-state index in [1.807, 2.05) is 0 Å². The van der Waals surface area contributed by atoms with Crippen LogP contribution < -0.4 is 10.5 Å². The van der Waals surface area contributed by atoms with E-state index in [-0.39, 0.29) is 28.0 Å². The Morgan fingerprint density at radius 1 is 1.05 bits per heavy atom. The Bertz CT molecular complexity index is 597.